The molecule has 0 saturated heterocycles. The number of fused-ring (bicyclic) bond motifs is 1. The van der Waals surface area contributed by atoms with Gasteiger partial charge in [0.25, 0.3) is 8.32 Å². The smallest absolute Gasteiger partial charge is 0.261 e. The molecule has 1 aromatic heterocycles. The number of hydrogen-bond acceptors (Lipinski definition) is 2. The summed E-state index contributed by atoms with van der Waals surface area (Å²) in [5, 5.41) is 3.45. The average Bonchev–Trinajstić information content (AvgIpc) is 3.44. The molecule has 0 bridgehead atoms. The Morgan fingerprint density at radius 2 is 1.22 bits per heavy atom. The van der Waals surface area contributed by atoms with Crippen LogP contribution in [0.15, 0.2) is 115 Å². The van der Waals surface area contributed by atoms with Crippen LogP contribution in [0.2, 0.25) is 21.7 Å². The third kappa shape index (κ3) is 5.78. The molecule has 240 valence electrons. The van der Waals surface area contributed by atoms with Crippen LogP contribution in [-0.2, 0) is 11.0 Å². The molecule has 5 rings (SSSR count). The van der Waals surface area contributed by atoms with Gasteiger partial charge in [0.2, 0.25) is 0 Å². The van der Waals surface area contributed by atoms with Crippen LogP contribution in [-0.4, -0.2) is 26.6 Å². The van der Waals surface area contributed by atoms with Gasteiger partial charge in [-0.2, -0.15) is 0 Å². The maximum Gasteiger partial charge on any atom is 0.261 e. The molecule has 4 aromatic carbocycles. The van der Waals surface area contributed by atoms with E-state index in [2.05, 4.69) is 152 Å². The molecule has 46 heavy (non-hydrogen) atoms. The number of aromatic nitrogens is 1. The van der Waals surface area contributed by atoms with E-state index in [1.807, 2.05) is 30.3 Å². The van der Waals surface area contributed by atoms with E-state index >= 15 is 0 Å². The van der Waals surface area contributed by atoms with Crippen LogP contribution in [0.3, 0.4) is 0 Å². The Labute approximate surface area is 278 Å². The van der Waals surface area contributed by atoms with Crippen LogP contribution < -0.4 is 10.4 Å². The molecule has 0 unspecified atom stereocenters. The van der Waals surface area contributed by atoms with Crippen molar-refractivity contribution in [1.29, 1.82) is 0 Å². The molecule has 1 heterocycles. The predicted octanol–water partition coefficient (Wildman–Crippen LogP) is 9.97. The zero-order chi connectivity index (χ0) is 33.3. The Bertz CT molecular complexity index is 1720. The van der Waals surface area contributed by atoms with Crippen LogP contribution in [0.25, 0.3) is 10.9 Å². The molecule has 0 aliphatic carbocycles. The minimum absolute atomic E-state index is 0.0383. The van der Waals surface area contributed by atoms with E-state index in [0.29, 0.717) is 34.4 Å². The fourth-order valence-corrected chi connectivity index (χ4v) is 19.6. The van der Waals surface area contributed by atoms with Crippen LogP contribution in [0, 0.1) is 0 Å². The highest BCUT2D eigenvalue weighted by Gasteiger charge is 2.50. The van der Waals surface area contributed by atoms with Gasteiger partial charge in [-0.25, -0.2) is 0 Å². The summed E-state index contributed by atoms with van der Waals surface area (Å²) >= 11 is 0. The van der Waals surface area contributed by atoms with Crippen molar-refractivity contribution in [3.8, 4) is 0 Å². The maximum absolute atomic E-state index is 14.3. The quantitative estimate of drug-likeness (QED) is 0.106. The van der Waals surface area contributed by atoms with Crippen molar-refractivity contribution in [2.45, 2.75) is 90.6 Å². The van der Waals surface area contributed by atoms with Gasteiger partial charge in [-0.05, 0) is 73.4 Å². The van der Waals surface area contributed by atoms with Gasteiger partial charge in [-0.1, -0.05) is 147 Å². The molecule has 0 fully saturated rings. The van der Waals surface area contributed by atoms with Gasteiger partial charge in [-0.3, -0.25) is 4.79 Å². The summed E-state index contributed by atoms with van der Waals surface area (Å²) in [5.74, 6) is 0.0383. The van der Waals surface area contributed by atoms with Gasteiger partial charge in [-0.15, -0.1) is 0 Å². The van der Waals surface area contributed by atoms with Crippen molar-refractivity contribution < 1.29 is 9.22 Å². The summed E-state index contributed by atoms with van der Waals surface area (Å²) in [6, 6.07) is 37.8. The SMILES string of the molecule is CC(C)[Si](C(C)C)(C(C)C)n1ccc2cc(C(=O)c3ccccc3CO[Si](c3ccccc3)(c3ccccc3)C(C)(C)C)ccc21. The number of rotatable bonds is 11. The molecular weight excluding hydrogens is 595 g/mol. The topological polar surface area (TPSA) is 31.2 Å². The first-order valence-corrected chi connectivity index (χ1v) is 20.9. The molecule has 5 aromatic rings. The molecule has 0 amide bonds. The lowest BCUT2D eigenvalue weighted by Crippen LogP contribution is -2.66. The summed E-state index contributed by atoms with van der Waals surface area (Å²) in [5.41, 5.74) is 5.35. The molecule has 0 spiro atoms. The highest BCUT2D eigenvalue weighted by molar-refractivity contribution is 6.99. The molecule has 3 nitrogen and oxygen atoms in total. The molecular formula is C41H51NO2Si2. The summed E-state index contributed by atoms with van der Waals surface area (Å²) in [6.07, 6.45) is 2.29. The van der Waals surface area contributed by atoms with Gasteiger partial charge < -0.3 is 8.66 Å². The predicted molar refractivity (Wildman–Crippen MR) is 201 cm³/mol. The second-order valence-corrected chi connectivity index (χ2v) is 24.8. The van der Waals surface area contributed by atoms with Gasteiger partial charge in [0.05, 0.1) is 6.61 Å². The molecule has 0 aliphatic rings. The van der Waals surface area contributed by atoms with Crippen LogP contribution in [0.1, 0.15) is 83.8 Å². The maximum atomic E-state index is 14.3. The highest BCUT2D eigenvalue weighted by atomic mass is 28.4. The van der Waals surface area contributed by atoms with Crippen molar-refractivity contribution in [2.75, 3.05) is 0 Å². The van der Waals surface area contributed by atoms with Crippen LogP contribution in [0.5, 0.6) is 0 Å². The lowest BCUT2D eigenvalue weighted by Gasteiger charge is -2.44. The first-order chi connectivity index (χ1) is 21.9. The minimum Gasteiger partial charge on any atom is -0.403 e. The van der Waals surface area contributed by atoms with Crippen LogP contribution >= 0.6 is 0 Å². The van der Waals surface area contributed by atoms with Crippen molar-refractivity contribution in [3.05, 3.63) is 132 Å². The minimum atomic E-state index is -2.76. The van der Waals surface area contributed by atoms with Gasteiger partial charge >= 0.3 is 0 Å². The fourth-order valence-electron chi connectivity index (χ4n) is 8.43. The number of carbonyl (C=O) groups is 1. The van der Waals surface area contributed by atoms with Crippen molar-refractivity contribution in [2.24, 2.45) is 0 Å². The third-order valence-electron chi connectivity index (χ3n) is 10.3. The third-order valence-corrected chi connectivity index (χ3v) is 22.0. The van der Waals surface area contributed by atoms with E-state index in [-0.39, 0.29) is 10.8 Å². The Balaban J connectivity index is 1.53. The molecule has 0 N–H and O–H groups in total. The summed E-state index contributed by atoms with van der Waals surface area (Å²) in [6.45, 7) is 21.6. The average molecular weight is 646 g/mol. The Morgan fingerprint density at radius 1 is 0.696 bits per heavy atom. The summed E-state index contributed by atoms with van der Waals surface area (Å²) in [7, 11) is -4.67. The van der Waals surface area contributed by atoms with Crippen LogP contribution in [0.4, 0.5) is 0 Å². The lowest BCUT2D eigenvalue weighted by molar-refractivity contribution is 0.103. The second kappa shape index (κ2) is 13.3. The van der Waals surface area contributed by atoms with Gasteiger partial charge in [0.1, 0.15) is 0 Å². The highest BCUT2D eigenvalue weighted by Crippen LogP contribution is 2.44. The Kier molecular flexibility index (Phi) is 9.79. The normalized spacial score (nSPS) is 12.9. The number of ketones is 1. The summed E-state index contributed by atoms with van der Waals surface area (Å²) in [4.78, 5) is 14.3. The molecule has 0 atom stereocenters. The molecule has 5 heteroatoms. The number of carbonyl (C=O) groups excluding carboxylic acids is 1. The standard InChI is InChI=1S/C41H51NO2Si2/c1-30(2)45(31(3)4,32(5)6)42-27-26-33-28-34(24-25-39(33)42)40(43)38-23-17-16-18-35(38)29-44-46(41(7,8)9,36-19-12-10-13-20-36)37-21-14-11-15-22-37/h10-28,30-32H,29H2,1-9H3. The zero-order valence-corrected chi connectivity index (χ0v) is 31.2. The molecule has 0 saturated carbocycles. The number of hydrogen-bond donors (Lipinski definition) is 0. The van der Waals surface area contributed by atoms with E-state index < -0.39 is 16.6 Å². The molecule has 0 radical (unpaired) electrons. The number of nitrogens with zero attached hydrogens (tertiary/aromatic N) is 1. The molecule has 0 aliphatic heterocycles. The van der Waals surface area contributed by atoms with E-state index in [9.17, 15) is 4.79 Å². The van der Waals surface area contributed by atoms with E-state index in [0.717, 1.165) is 10.9 Å². The first kappa shape index (κ1) is 33.8. The van der Waals surface area contributed by atoms with E-state index in [1.165, 1.54) is 15.9 Å². The van der Waals surface area contributed by atoms with Crippen molar-refractivity contribution in [3.63, 3.8) is 0 Å². The first-order valence-electron chi connectivity index (χ1n) is 16.8. The number of benzene rings is 4. The van der Waals surface area contributed by atoms with E-state index in [4.69, 9.17) is 4.43 Å². The second-order valence-electron chi connectivity index (χ2n) is 14.7. The Morgan fingerprint density at radius 3 is 1.74 bits per heavy atom. The fraction of sp³-hybridized carbons (Fsp3) is 0.341. The van der Waals surface area contributed by atoms with Crippen molar-refractivity contribution in [1.82, 2.24) is 4.23 Å². The lowest BCUT2D eigenvalue weighted by atomic mass is 9.98. The van der Waals surface area contributed by atoms with Gasteiger partial charge in [0.15, 0.2) is 14.0 Å². The largest absolute Gasteiger partial charge is 0.403 e. The van der Waals surface area contributed by atoms with E-state index in [1.54, 1.807) is 0 Å². The van der Waals surface area contributed by atoms with Gasteiger partial charge in [0, 0.05) is 16.6 Å². The zero-order valence-electron chi connectivity index (χ0n) is 29.2. The Hall–Kier alpha value is -3.52. The van der Waals surface area contributed by atoms with Crippen molar-refractivity contribution >= 4 is 43.6 Å². The summed E-state index contributed by atoms with van der Waals surface area (Å²) < 4.78 is 9.86. The monoisotopic (exact) mass is 645 g/mol.